The predicted molar refractivity (Wildman–Crippen MR) is 74.1 cm³/mol. The van der Waals surface area contributed by atoms with E-state index in [2.05, 4.69) is 33.1 Å². The summed E-state index contributed by atoms with van der Waals surface area (Å²) in [5.74, 6) is 0.672. The van der Waals surface area contributed by atoms with Gasteiger partial charge in [0.25, 0.3) is 0 Å². The molecule has 0 bridgehead atoms. The number of hydrogen-bond acceptors (Lipinski definition) is 4. The van der Waals surface area contributed by atoms with Gasteiger partial charge in [0.05, 0.1) is 0 Å². The summed E-state index contributed by atoms with van der Waals surface area (Å²) in [6, 6.07) is 4.01. The van der Waals surface area contributed by atoms with Crippen molar-refractivity contribution in [2.24, 2.45) is 0 Å². The van der Waals surface area contributed by atoms with Crippen LogP contribution in [0.2, 0.25) is 0 Å². The second-order valence-corrected chi connectivity index (χ2v) is 5.12. The average molecular weight is 258 g/mol. The van der Waals surface area contributed by atoms with E-state index < -0.39 is 0 Å². The summed E-state index contributed by atoms with van der Waals surface area (Å²) in [7, 11) is 0. The smallest absolute Gasteiger partial charge is 0.243 e. The van der Waals surface area contributed by atoms with Crippen LogP contribution in [0.15, 0.2) is 29.1 Å². The minimum Gasteiger partial charge on any atom is -0.349 e. The zero-order valence-corrected chi connectivity index (χ0v) is 11.2. The van der Waals surface area contributed by atoms with Gasteiger partial charge in [0.2, 0.25) is 5.95 Å². The summed E-state index contributed by atoms with van der Waals surface area (Å²) in [5, 5.41) is 12.0. The van der Waals surface area contributed by atoms with E-state index in [1.54, 1.807) is 15.9 Å². The number of nitrogens with zero attached hydrogens (tertiary/aromatic N) is 3. The van der Waals surface area contributed by atoms with Crippen LogP contribution in [-0.4, -0.2) is 14.6 Å². The Labute approximate surface area is 109 Å². The molecule has 0 saturated carbocycles. The highest BCUT2D eigenvalue weighted by Gasteiger charge is 2.04. The molecule has 0 unspecified atom stereocenters. The van der Waals surface area contributed by atoms with Crippen LogP contribution in [0.25, 0.3) is 5.65 Å². The fourth-order valence-electron chi connectivity index (χ4n) is 1.80. The van der Waals surface area contributed by atoms with Gasteiger partial charge in [-0.25, -0.2) is 4.52 Å². The lowest BCUT2D eigenvalue weighted by Gasteiger charge is -2.00. The second kappa shape index (κ2) is 4.42. The second-order valence-electron chi connectivity index (χ2n) is 4.38. The molecular formula is C13H14N4S. The van der Waals surface area contributed by atoms with Gasteiger partial charge >= 0.3 is 0 Å². The molecule has 1 N–H and O–H groups in total. The van der Waals surface area contributed by atoms with Gasteiger partial charge in [-0.15, -0.1) is 5.10 Å². The van der Waals surface area contributed by atoms with Crippen molar-refractivity contribution in [1.82, 2.24) is 14.6 Å². The summed E-state index contributed by atoms with van der Waals surface area (Å²) in [5.41, 5.74) is 4.65. The van der Waals surface area contributed by atoms with E-state index in [-0.39, 0.29) is 0 Å². The lowest BCUT2D eigenvalue weighted by atomic mass is 10.2. The molecule has 0 spiro atoms. The van der Waals surface area contributed by atoms with Gasteiger partial charge in [-0.3, -0.25) is 0 Å². The predicted octanol–water partition coefficient (Wildman–Crippen LogP) is 3.02. The average Bonchev–Trinajstić information content (AvgIpc) is 2.92. The molecule has 92 valence electrons. The maximum Gasteiger partial charge on any atom is 0.243 e. The fourth-order valence-corrected chi connectivity index (χ4v) is 2.66. The van der Waals surface area contributed by atoms with Crippen molar-refractivity contribution in [1.29, 1.82) is 0 Å². The number of aromatic nitrogens is 3. The molecule has 0 radical (unpaired) electrons. The topological polar surface area (TPSA) is 42.2 Å². The molecule has 0 aliphatic rings. The van der Waals surface area contributed by atoms with Crippen LogP contribution in [-0.2, 0) is 6.54 Å². The number of rotatable bonds is 3. The monoisotopic (exact) mass is 258 g/mol. The molecule has 3 heterocycles. The Morgan fingerprint density at radius 3 is 2.94 bits per heavy atom. The number of anilines is 1. The molecule has 0 saturated heterocycles. The molecule has 0 amide bonds. The van der Waals surface area contributed by atoms with Gasteiger partial charge in [-0.05, 0) is 47.4 Å². The van der Waals surface area contributed by atoms with E-state index in [1.165, 1.54) is 16.7 Å². The van der Waals surface area contributed by atoms with Crippen LogP contribution < -0.4 is 5.32 Å². The van der Waals surface area contributed by atoms with Crippen LogP contribution in [0.1, 0.15) is 16.7 Å². The molecule has 5 heteroatoms. The molecule has 0 atom stereocenters. The van der Waals surface area contributed by atoms with E-state index >= 15 is 0 Å². The zero-order chi connectivity index (χ0) is 12.5. The number of fused-ring (bicyclic) bond motifs is 1. The minimum absolute atomic E-state index is 0.672. The van der Waals surface area contributed by atoms with E-state index in [0.29, 0.717) is 5.95 Å². The number of pyridine rings is 1. The summed E-state index contributed by atoms with van der Waals surface area (Å²) in [4.78, 5) is 4.43. The van der Waals surface area contributed by atoms with Crippen LogP contribution in [0.3, 0.4) is 0 Å². The fraction of sp³-hybridized carbons (Fsp3) is 0.231. The first-order valence-electron chi connectivity index (χ1n) is 5.81. The number of nitrogens with one attached hydrogen (secondary N) is 1. The third-order valence-corrected chi connectivity index (χ3v) is 3.79. The molecule has 0 aliphatic heterocycles. The molecule has 3 aromatic rings. The lowest BCUT2D eigenvalue weighted by molar-refractivity contribution is 0.942. The van der Waals surface area contributed by atoms with E-state index in [1.807, 2.05) is 25.3 Å². The van der Waals surface area contributed by atoms with Gasteiger partial charge in [-0.1, -0.05) is 6.07 Å². The molecule has 3 aromatic heterocycles. The molecule has 0 aromatic carbocycles. The van der Waals surface area contributed by atoms with Gasteiger partial charge < -0.3 is 5.32 Å². The van der Waals surface area contributed by atoms with Gasteiger partial charge in [0.1, 0.15) is 0 Å². The summed E-state index contributed by atoms with van der Waals surface area (Å²) >= 11 is 1.72. The summed E-state index contributed by atoms with van der Waals surface area (Å²) < 4.78 is 1.80. The van der Waals surface area contributed by atoms with Crippen LogP contribution in [0, 0.1) is 13.8 Å². The van der Waals surface area contributed by atoms with Crippen LogP contribution >= 0.6 is 11.3 Å². The quantitative estimate of drug-likeness (QED) is 0.785. The van der Waals surface area contributed by atoms with E-state index in [4.69, 9.17) is 0 Å². The SMILES string of the molecule is Cc1ccc2nc(NCc3cscc3C)nn2c1. The third-order valence-electron chi connectivity index (χ3n) is 2.88. The minimum atomic E-state index is 0.672. The van der Waals surface area contributed by atoms with Crippen LogP contribution in [0.5, 0.6) is 0 Å². The Kier molecular flexibility index (Phi) is 2.76. The standard InChI is InChI=1S/C13H14N4S/c1-9-3-4-12-15-13(16-17(12)6-9)14-5-11-8-18-7-10(11)2/h3-4,6-8H,5H2,1-2H3,(H,14,16). The maximum atomic E-state index is 4.43. The zero-order valence-electron chi connectivity index (χ0n) is 10.3. The van der Waals surface area contributed by atoms with Crippen molar-refractivity contribution in [2.75, 3.05) is 5.32 Å². The Hall–Kier alpha value is -1.88. The first-order valence-corrected chi connectivity index (χ1v) is 6.75. The van der Waals surface area contributed by atoms with E-state index in [9.17, 15) is 0 Å². The number of hydrogen-bond donors (Lipinski definition) is 1. The Balaban J connectivity index is 1.81. The molecular weight excluding hydrogens is 244 g/mol. The van der Waals surface area contributed by atoms with Crippen LogP contribution in [0.4, 0.5) is 5.95 Å². The molecule has 4 nitrogen and oxygen atoms in total. The third kappa shape index (κ3) is 2.09. The summed E-state index contributed by atoms with van der Waals surface area (Å²) in [6.45, 7) is 4.93. The first-order chi connectivity index (χ1) is 8.72. The number of thiophene rings is 1. The van der Waals surface area contributed by atoms with E-state index in [0.717, 1.165) is 12.2 Å². The van der Waals surface area contributed by atoms with Gasteiger partial charge in [0, 0.05) is 12.7 Å². The Bertz CT molecular complexity index is 683. The van der Waals surface area contributed by atoms with Gasteiger partial charge in [0.15, 0.2) is 5.65 Å². The van der Waals surface area contributed by atoms with Crippen molar-refractivity contribution in [2.45, 2.75) is 20.4 Å². The first kappa shape index (κ1) is 11.2. The number of aryl methyl sites for hydroxylation is 2. The largest absolute Gasteiger partial charge is 0.349 e. The molecule has 18 heavy (non-hydrogen) atoms. The molecule has 0 fully saturated rings. The summed E-state index contributed by atoms with van der Waals surface area (Å²) in [6.07, 6.45) is 1.98. The lowest BCUT2D eigenvalue weighted by Crippen LogP contribution is -2.01. The van der Waals surface area contributed by atoms with Crippen molar-refractivity contribution >= 4 is 22.9 Å². The highest BCUT2D eigenvalue weighted by atomic mass is 32.1. The van der Waals surface area contributed by atoms with Crippen molar-refractivity contribution < 1.29 is 0 Å². The highest BCUT2D eigenvalue weighted by Crippen LogP contribution is 2.15. The van der Waals surface area contributed by atoms with Crippen molar-refractivity contribution in [3.05, 3.63) is 45.8 Å². The normalized spacial score (nSPS) is 11.0. The highest BCUT2D eigenvalue weighted by molar-refractivity contribution is 7.08. The van der Waals surface area contributed by atoms with Crippen molar-refractivity contribution in [3.8, 4) is 0 Å². The molecule has 0 aliphatic carbocycles. The maximum absolute atomic E-state index is 4.43. The van der Waals surface area contributed by atoms with Gasteiger partial charge in [-0.2, -0.15) is 16.3 Å². The Morgan fingerprint density at radius 2 is 2.17 bits per heavy atom. The molecule has 3 rings (SSSR count). The Morgan fingerprint density at radius 1 is 1.28 bits per heavy atom. The van der Waals surface area contributed by atoms with Crippen molar-refractivity contribution in [3.63, 3.8) is 0 Å².